The molecule has 11 heteroatoms. The van der Waals surface area contributed by atoms with E-state index in [0.717, 1.165) is 0 Å². The van der Waals surface area contributed by atoms with Crippen LogP contribution >= 0.6 is 0 Å². The van der Waals surface area contributed by atoms with Crippen molar-refractivity contribution < 1.29 is 27.4 Å². The lowest BCUT2D eigenvalue weighted by Gasteiger charge is -2.26. The van der Waals surface area contributed by atoms with E-state index in [2.05, 4.69) is 15.3 Å². The van der Waals surface area contributed by atoms with Crippen LogP contribution in [0.1, 0.15) is 12.2 Å². The maximum atomic E-state index is 14.0. The van der Waals surface area contributed by atoms with Crippen LogP contribution in [-0.4, -0.2) is 46.9 Å². The first-order valence-corrected chi connectivity index (χ1v) is 6.47. The molecular formula is C11H13F4N5O2. The Balaban J connectivity index is 1.95. The van der Waals surface area contributed by atoms with Crippen LogP contribution in [0.3, 0.4) is 0 Å². The fourth-order valence-corrected chi connectivity index (χ4v) is 2.51. The zero-order valence-electron chi connectivity index (χ0n) is 11.1. The average molecular weight is 323 g/mol. The van der Waals surface area contributed by atoms with Crippen LogP contribution in [-0.2, 0) is 10.9 Å². The lowest BCUT2D eigenvalue weighted by atomic mass is 10.2. The second-order valence-corrected chi connectivity index (χ2v) is 5.02. The van der Waals surface area contributed by atoms with Crippen LogP contribution in [0, 0.1) is 0 Å². The number of fused-ring (bicyclic) bond motifs is 1. The molecule has 0 amide bonds. The smallest absolute Gasteiger partial charge is 0.394 e. The van der Waals surface area contributed by atoms with Crippen molar-refractivity contribution in [1.29, 1.82) is 0 Å². The third-order valence-corrected chi connectivity index (χ3v) is 3.51. The Morgan fingerprint density at radius 2 is 2.14 bits per heavy atom. The van der Waals surface area contributed by atoms with Gasteiger partial charge in [0.2, 0.25) is 5.82 Å². The van der Waals surface area contributed by atoms with Crippen molar-refractivity contribution in [2.45, 2.75) is 31.1 Å². The highest BCUT2D eigenvalue weighted by molar-refractivity contribution is 5.80. The van der Waals surface area contributed by atoms with E-state index < -0.39 is 30.5 Å². The van der Waals surface area contributed by atoms with Gasteiger partial charge in [0.15, 0.2) is 17.9 Å². The zero-order valence-corrected chi connectivity index (χ0v) is 11.1. The molecule has 2 aliphatic heterocycles. The fraction of sp³-hybridized carbons (Fsp3) is 0.636. The predicted octanol–water partition coefficient (Wildman–Crippen LogP) is 0.712. The van der Waals surface area contributed by atoms with Gasteiger partial charge in [0, 0.05) is 6.42 Å². The Morgan fingerprint density at radius 3 is 2.73 bits per heavy atom. The van der Waals surface area contributed by atoms with E-state index >= 15 is 0 Å². The van der Waals surface area contributed by atoms with Crippen LogP contribution in [0.2, 0.25) is 0 Å². The number of nitrogens with two attached hydrogens (primary N) is 1. The van der Waals surface area contributed by atoms with Crippen LogP contribution < -0.4 is 16.0 Å². The molecule has 3 atom stereocenters. The van der Waals surface area contributed by atoms with E-state index in [9.17, 15) is 17.6 Å². The first kappa shape index (κ1) is 15.0. The number of nitrogens with zero attached hydrogens (tertiary/aromatic N) is 3. The molecule has 3 unspecified atom stereocenters. The Kier molecular flexibility index (Phi) is 3.48. The summed E-state index contributed by atoms with van der Waals surface area (Å²) >= 11 is 0. The SMILES string of the molecule is Nc1nc(C(F)(F)F)nc2c1NCN2C1OC(CO)CC1F. The molecule has 1 fully saturated rings. The van der Waals surface area contributed by atoms with E-state index in [-0.39, 0.29) is 37.0 Å². The normalized spacial score (nSPS) is 27.9. The van der Waals surface area contributed by atoms with Crippen molar-refractivity contribution >= 4 is 17.3 Å². The van der Waals surface area contributed by atoms with E-state index in [4.69, 9.17) is 15.6 Å². The number of nitrogen functional groups attached to an aromatic ring is 1. The molecule has 0 radical (unpaired) electrons. The van der Waals surface area contributed by atoms with E-state index in [1.165, 1.54) is 4.90 Å². The van der Waals surface area contributed by atoms with Crippen LogP contribution in [0.25, 0.3) is 0 Å². The molecule has 22 heavy (non-hydrogen) atoms. The summed E-state index contributed by atoms with van der Waals surface area (Å²) in [5.74, 6) is -1.93. The van der Waals surface area contributed by atoms with Crippen LogP contribution in [0.5, 0.6) is 0 Å². The van der Waals surface area contributed by atoms with Gasteiger partial charge in [-0.3, -0.25) is 0 Å². The number of halogens is 4. The summed E-state index contributed by atoms with van der Waals surface area (Å²) in [6, 6.07) is 0. The van der Waals surface area contributed by atoms with Gasteiger partial charge in [-0.2, -0.15) is 13.2 Å². The molecular weight excluding hydrogens is 310 g/mol. The number of aliphatic hydroxyl groups excluding tert-OH is 1. The van der Waals surface area contributed by atoms with Crippen molar-refractivity contribution in [3.8, 4) is 0 Å². The van der Waals surface area contributed by atoms with E-state index in [0.29, 0.717) is 0 Å². The molecule has 122 valence electrons. The second-order valence-electron chi connectivity index (χ2n) is 5.02. The summed E-state index contributed by atoms with van der Waals surface area (Å²) in [6.45, 7) is -0.385. The third kappa shape index (κ3) is 2.39. The quantitative estimate of drug-likeness (QED) is 0.690. The van der Waals surface area contributed by atoms with E-state index in [1.807, 2.05) is 0 Å². The summed E-state index contributed by atoms with van der Waals surface area (Å²) in [7, 11) is 0. The minimum Gasteiger partial charge on any atom is -0.394 e. The van der Waals surface area contributed by atoms with Gasteiger partial charge < -0.3 is 25.8 Å². The highest BCUT2D eigenvalue weighted by Gasteiger charge is 2.44. The summed E-state index contributed by atoms with van der Waals surface area (Å²) < 4.78 is 57.6. The van der Waals surface area contributed by atoms with Crippen molar-refractivity contribution in [2.75, 3.05) is 29.2 Å². The van der Waals surface area contributed by atoms with Crippen LogP contribution in [0.4, 0.5) is 34.9 Å². The first-order chi connectivity index (χ1) is 10.3. The Morgan fingerprint density at radius 1 is 1.41 bits per heavy atom. The number of ether oxygens (including phenoxy) is 1. The molecule has 1 saturated heterocycles. The number of rotatable bonds is 2. The molecule has 0 aromatic carbocycles. The monoisotopic (exact) mass is 323 g/mol. The summed E-state index contributed by atoms with van der Waals surface area (Å²) in [5, 5.41) is 11.7. The molecule has 0 aliphatic carbocycles. The molecule has 0 bridgehead atoms. The topological polar surface area (TPSA) is 96.5 Å². The lowest BCUT2D eigenvalue weighted by molar-refractivity contribution is -0.144. The number of aliphatic hydroxyl groups is 1. The lowest BCUT2D eigenvalue weighted by Crippen LogP contribution is -2.40. The zero-order chi connectivity index (χ0) is 16.1. The summed E-state index contributed by atoms with van der Waals surface area (Å²) in [4.78, 5) is 7.85. The maximum absolute atomic E-state index is 14.0. The minimum atomic E-state index is -4.77. The van der Waals surface area contributed by atoms with Crippen molar-refractivity contribution in [3.05, 3.63) is 5.82 Å². The van der Waals surface area contributed by atoms with E-state index in [1.54, 1.807) is 0 Å². The van der Waals surface area contributed by atoms with Gasteiger partial charge in [-0.1, -0.05) is 0 Å². The van der Waals surface area contributed by atoms with Gasteiger partial charge in [0.25, 0.3) is 0 Å². The first-order valence-electron chi connectivity index (χ1n) is 6.47. The minimum absolute atomic E-state index is 0.0151. The summed E-state index contributed by atoms with van der Waals surface area (Å²) in [5.41, 5.74) is 5.61. The van der Waals surface area contributed by atoms with Gasteiger partial charge in [-0.05, 0) is 0 Å². The molecule has 2 aliphatic rings. The number of aromatic nitrogens is 2. The number of nitrogens with one attached hydrogen (secondary N) is 1. The fourth-order valence-electron chi connectivity index (χ4n) is 2.51. The Labute approximate surface area is 122 Å². The number of alkyl halides is 4. The van der Waals surface area contributed by atoms with Gasteiger partial charge in [-0.25, -0.2) is 14.4 Å². The second kappa shape index (κ2) is 5.09. The van der Waals surface area contributed by atoms with Gasteiger partial charge in [0.1, 0.15) is 11.9 Å². The number of anilines is 3. The number of hydrogen-bond donors (Lipinski definition) is 3. The molecule has 7 nitrogen and oxygen atoms in total. The van der Waals surface area contributed by atoms with Crippen molar-refractivity contribution in [1.82, 2.24) is 9.97 Å². The Hall–Kier alpha value is -1.88. The molecule has 0 spiro atoms. The van der Waals surface area contributed by atoms with Crippen LogP contribution in [0.15, 0.2) is 0 Å². The van der Waals surface area contributed by atoms with Crippen molar-refractivity contribution in [2.24, 2.45) is 0 Å². The average Bonchev–Trinajstić information content (AvgIpc) is 3.01. The third-order valence-electron chi connectivity index (χ3n) is 3.51. The molecule has 1 aromatic heterocycles. The molecule has 3 heterocycles. The largest absolute Gasteiger partial charge is 0.451 e. The molecule has 0 saturated carbocycles. The van der Waals surface area contributed by atoms with Gasteiger partial charge in [0.05, 0.1) is 19.4 Å². The highest BCUT2D eigenvalue weighted by atomic mass is 19.4. The predicted molar refractivity (Wildman–Crippen MR) is 67.7 cm³/mol. The molecule has 4 N–H and O–H groups in total. The molecule has 3 rings (SSSR count). The number of hydrogen-bond acceptors (Lipinski definition) is 7. The summed E-state index contributed by atoms with van der Waals surface area (Å²) in [6.07, 6.45) is -8.11. The standard InChI is InChI=1S/C11H13F4N5O2/c12-5-1-4(2-21)22-9(5)20-3-17-6-7(16)18-10(11(13,14)15)19-8(6)20/h4-5,9,17,21H,1-3H2,(H2,16,18,19). The van der Waals surface area contributed by atoms with Gasteiger partial charge >= 0.3 is 6.18 Å². The maximum Gasteiger partial charge on any atom is 0.451 e. The van der Waals surface area contributed by atoms with Crippen molar-refractivity contribution in [3.63, 3.8) is 0 Å². The Bertz CT molecular complexity index is 584. The molecule has 1 aromatic rings. The highest BCUT2D eigenvalue weighted by Crippen LogP contribution is 2.40. The van der Waals surface area contributed by atoms with Gasteiger partial charge in [-0.15, -0.1) is 0 Å².